The van der Waals surface area contributed by atoms with Crippen LogP contribution in [0.25, 0.3) is 0 Å². The van der Waals surface area contributed by atoms with Crippen LogP contribution in [0, 0.1) is 12.9 Å². The summed E-state index contributed by atoms with van der Waals surface area (Å²) in [4.78, 5) is -0.370. The predicted molar refractivity (Wildman–Crippen MR) is 74.6 cm³/mol. The first-order valence-electron chi connectivity index (χ1n) is 6.16. The molecule has 20 heavy (non-hydrogen) atoms. The minimum Gasteiger partial charge on any atom is -0.266 e. The van der Waals surface area contributed by atoms with E-state index in [1.165, 1.54) is 18.3 Å². The molecule has 0 bridgehead atoms. The van der Waals surface area contributed by atoms with Crippen molar-refractivity contribution in [2.45, 2.75) is 18.7 Å². The maximum atomic E-state index is 14.0. The molecule has 108 valence electrons. The lowest BCUT2D eigenvalue weighted by Crippen LogP contribution is -2.31. The molecule has 1 aromatic heterocycles. The van der Waals surface area contributed by atoms with E-state index >= 15 is 0 Å². The Hall–Kier alpha value is -1.89. The van der Waals surface area contributed by atoms with Crippen molar-refractivity contribution >= 4 is 15.7 Å². The molecule has 1 aromatic carbocycles. The Balaban J connectivity index is 2.59. The van der Waals surface area contributed by atoms with Crippen molar-refractivity contribution in [3.05, 3.63) is 42.0 Å². The molecule has 0 aliphatic heterocycles. The molecule has 2 rings (SSSR count). The van der Waals surface area contributed by atoms with Gasteiger partial charge in [-0.15, -0.1) is 0 Å². The average molecular weight is 297 g/mol. The second-order valence-electron chi connectivity index (χ2n) is 4.33. The second-order valence-corrected chi connectivity index (χ2v) is 6.13. The standard InChI is InChI=1S/C13H16FN3O2S/c1-4-17(11-8-6-5-7-9-11)20(18,19)12-10(2)15-16(3)13(12)14/h5-9H,4H2,1-3H3. The molecule has 0 aliphatic carbocycles. The van der Waals surface area contributed by atoms with Gasteiger partial charge in [0.05, 0.1) is 11.4 Å². The van der Waals surface area contributed by atoms with Gasteiger partial charge >= 0.3 is 0 Å². The fourth-order valence-corrected chi connectivity index (χ4v) is 3.82. The van der Waals surface area contributed by atoms with Gasteiger partial charge in [-0.1, -0.05) is 18.2 Å². The summed E-state index contributed by atoms with van der Waals surface area (Å²) in [7, 11) is -2.59. The lowest BCUT2D eigenvalue weighted by molar-refractivity contribution is 0.482. The molecule has 0 fully saturated rings. The maximum absolute atomic E-state index is 14.0. The number of nitrogens with zero attached hydrogens (tertiary/aromatic N) is 3. The molecule has 0 atom stereocenters. The Morgan fingerprint density at radius 2 is 1.90 bits per heavy atom. The first-order valence-corrected chi connectivity index (χ1v) is 7.60. The molecule has 0 amide bonds. The van der Waals surface area contributed by atoms with Crippen LogP contribution in [0.3, 0.4) is 0 Å². The summed E-state index contributed by atoms with van der Waals surface area (Å²) in [5.41, 5.74) is 0.650. The molecule has 0 spiro atoms. The number of para-hydroxylation sites is 1. The minimum atomic E-state index is -3.97. The van der Waals surface area contributed by atoms with Crippen LogP contribution >= 0.6 is 0 Å². The van der Waals surface area contributed by atoms with E-state index in [2.05, 4.69) is 5.10 Å². The second kappa shape index (κ2) is 5.24. The molecule has 1 heterocycles. The van der Waals surface area contributed by atoms with Crippen molar-refractivity contribution in [2.75, 3.05) is 10.8 Å². The Bertz CT molecular complexity index is 711. The topological polar surface area (TPSA) is 55.2 Å². The van der Waals surface area contributed by atoms with Gasteiger partial charge in [0.15, 0.2) is 4.90 Å². The highest BCUT2D eigenvalue weighted by atomic mass is 32.2. The Morgan fingerprint density at radius 1 is 1.30 bits per heavy atom. The van der Waals surface area contributed by atoms with Gasteiger partial charge in [0.2, 0.25) is 5.95 Å². The van der Waals surface area contributed by atoms with Gasteiger partial charge in [-0.2, -0.15) is 9.49 Å². The normalized spacial score (nSPS) is 11.6. The van der Waals surface area contributed by atoms with Gasteiger partial charge in [0.25, 0.3) is 10.0 Å². The fourth-order valence-electron chi connectivity index (χ4n) is 2.10. The van der Waals surface area contributed by atoms with E-state index in [0.29, 0.717) is 5.69 Å². The summed E-state index contributed by atoms with van der Waals surface area (Å²) in [6.45, 7) is 3.39. The number of hydrogen-bond acceptors (Lipinski definition) is 3. The zero-order chi connectivity index (χ0) is 14.9. The van der Waals surface area contributed by atoms with Crippen molar-refractivity contribution in [3.8, 4) is 0 Å². The first-order chi connectivity index (χ1) is 9.39. The third-order valence-electron chi connectivity index (χ3n) is 2.98. The van der Waals surface area contributed by atoms with Crippen LogP contribution in [0.15, 0.2) is 35.2 Å². The van der Waals surface area contributed by atoms with Crippen molar-refractivity contribution in [1.82, 2.24) is 9.78 Å². The van der Waals surface area contributed by atoms with Crippen LogP contribution in [0.4, 0.5) is 10.1 Å². The lowest BCUT2D eigenvalue weighted by atomic mass is 10.3. The highest BCUT2D eigenvalue weighted by Gasteiger charge is 2.31. The van der Waals surface area contributed by atoms with Crippen molar-refractivity contribution in [2.24, 2.45) is 7.05 Å². The molecule has 0 aliphatic rings. The van der Waals surface area contributed by atoms with Crippen LogP contribution in [0.1, 0.15) is 12.6 Å². The highest BCUT2D eigenvalue weighted by Crippen LogP contribution is 2.26. The third kappa shape index (κ3) is 2.29. The monoisotopic (exact) mass is 297 g/mol. The predicted octanol–water partition coefficient (Wildman–Crippen LogP) is 2.08. The van der Waals surface area contributed by atoms with Crippen molar-refractivity contribution < 1.29 is 12.8 Å². The maximum Gasteiger partial charge on any atom is 0.270 e. The number of sulfonamides is 1. The number of aromatic nitrogens is 2. The quantitative estimate of drug-likeness (QED) is 0.868. The van der Waals surface area contributed by atoms with Crippen LogP contribution in [-0.4, -0.2) is 24.7 Å². The van der Waals surface area contributed by atoms with Crippen molar-refractivity contribution in [3.63, 3.8) is 0 Å². The number of anilines is 1. The van der Waals surface area contributed by atoms with Gasteiger partial charge < -0.3 is 0 Å². The number of aryl methyl sites for hydroxylation is 2. The van der Waals surface area contributed by atoms with E-state index < -0.39 is 16.0 Å². The van der Waals surface area contributed by atoms with E-state index in [-0.39, 0.29) is 17.1 Å². The summed E-state index contributed by atoms with van der Waals surface area (Å²) in [5, 5.41) is 3.82. The van der Waals surface area contributed by atoms with Crippen LogP contribution < -0.4 is 4.31 Å². The molecule has 0 radical (unpaired) electrons. The van der Waals surface area contributed by atoms with Crippen LogP contribution in [-0.2, 0) is 17.1 Å². The molecule has 0 N–H and O–H groups in total. The van der Waals surface area contributed by atoms with Gasteiger partial charge in [0.1, 0.15) is 0 Å². The largest absolute Gasteiger partial charge is 0.270 e. The summed E-state index contributed by atoms with van der Waals surface area (Å²) < 4.78 is 41.4. The number of rotatable bonds is 4. The van der Waals surface area contributed by atoms with E-state index in [1.54, 1.807) is 37.3 Å². The van der Waals surface area contributed by atoms with E-state index in [0.717, 1.165) is 4.68 Å². The average Bonchev–Trinajstić information content (AvgIpc) is 2.65. The minimum absolute atomic E-state index is 0.152. The van der Waals surface area contributed by atoms with Gasteiger partial charge in [0, 0.05) is 13.6 Å². The molecule has 0 saturated heterocycles. The summed E-state index contributed by atoms with van der Waals surface area (Å²) >= 11 is 0. The lowest BCUT2D eigenvalue weighted by Gasteiger charge is -2.22. The Morgan fingerprint density at radius 3 is 2.35 bits per heavy atom. The van der Waals surface area contributed by atoms with E-state index in [9.17, 15) is 12.8 Å². The van der Waals surface area contributed by atoms with Crippen LogP contribution in [0.2, 0.25) is 0 Å². The zero-order valence-electron chi connectivity index (χ0n) is 11.5. The number of benzene rings is 1. The van der Waals surface area contributed by atoms with Crippen molar-refractivity contribution in [1.29, 1.82) is 0 Å². The summed E-state index contributed by atoms with van der Waals surface area (Å²) in [6.07, 6.45) is 0. The smallest absolute Gasteiger partial charge is 0.266 e. The molecule has 7 heteroatoms. The molecule has 0 saturated carbocycles. The van der Waals surface area contributed by atoms with Gasteiger partial charge in [-0.3, -0.25) is 4.31 Å². The first kappa shape index (κ1) is 14.5. The Kier molecular flexibility index (Phi) is 3.80. The molecular weight excluding hydrogens is 281 g/mol. The van der Waals surface area contributed by atoms with Crippen LogP contribution in [0.5, 0.6) is 0 Å². The SMILES string of the molecule is CCN(c1ccccc1)S(=O)(=O)c1c(C)nn(C)c1F. The van der Waals surface area contributed by atoms with E-state index in [4.69, 9.17) is 0 Å². The van der Waals surface area contributed by atoms with E-state index in [1.807, 2.05) is 0 Å². The number of hydrogen-bond donors (Lipinski definition) is 0. The third-order valence-corrected chi connectivity index (χ3v) is 5.01. The summed E-state index contributed by atoms with van der Waals surface area (Å²) in [6, 6.07) is 8.61. The van der Waals surface area contributed by atoms with Gasteiger partial charge in [-0.25, -0.2) is 13.1 Å². The molecule has 2 aromatic rings. The Labute approximate surface area is 117 Å². The molecule has 5 nitrogen and oxygen atoms in total. The summed E-state index contributed by atoms with van der Waals surface area (Å²) in [5.74, 6) is -0.850. The fraction of sp³-hybridized carbons (Fsp3) is 0.308. The highest BCUT2D eigenvalue weighted by molar-refractivity contribution is 7.92. The molecular formula is C13H16FN3O2S. The molecule has 0 unspecified atom stereocenters. The van der Waals surface area contributed by atoms with Gasteiger partial charge in [-0.05, 0) is 26.0 Å². The number of halogens is 1. The zero-order valence-corrected chi connectivity index (χ0v) is 12.4.